The molecule has 0 atom stereocenters. The van der Waals surface area contributed by atoms with Gasteiger partial charge in [-0.05, 0) is 12.8 Å². The van der Waals surface area contributed by atoms with Crippen LogP contribution < -0.4 is 0 Å². The number of hydrogen-bond donors (Lipinski definition) is 5. The normalized spacial score (nSPS) is 17.0. The molecular formula is C20H30O15. The Balaban J connectivity index is 3.41. The molecule has 15 nitrogen and oxygen atoms in total. The van der Waals surface area contributed by atoms with Crippen LogP contribution in [0.25, 0.3) is 0 Å². The third-order valence-electron chi connectivity index (χ3n) is 5.30. The van der Waals surface area contributed by atoms with Crippen LogP contribution in [-0.2, 0) is 47.7 Å². The van der Waals surface area contributed by atoms with E-state index in [9.17, 15) is 29.1 Å². The lowest BCUT2D eigenvalue weighted by molar-refractivity contribution is -0.221. The lowest BCUT2D eigenvalue weighted by Gasteiger charge is -2.53. The molecule has 0 radical (unpaired) electrons. The summed E-state index contributed by atoms with van der Waals surface area (Å²) >= 11 is 0. The summed E-state index contributed by atoms with van der Waals surface area (Å²) in [6.07, 6.45) is -0.358. The van der Waals surface area contributed by atoms with Crippen LogP contribution in [0.2, 0.25) is 0 Å². The number of carbonyl (C=O) groups is 5. The van der Waals surface area contributed by atoms with Gasteiger partial charge in [-0.15, -0.1) is 0 Å². The van der Waals surface area contributed by atoms with Crippen molar-refractivity contribution < 1.29 is 73.2 Å². The van der Waals surface area contributed by atoms with Crippen LogP contribution in [0.1, 0.15) is 19.3 Å². The van der Waals surface area contributed by atoms with E-state index in [-0.39, 0.29) is 39.3 Å². The van der Waals surface area contributed by atoms with Crippen LogP contribution in [0.4, 0.5) is 0 Å². The van der Waals surface area contributed by atoms with E-state index in [0.717, 1.165) is 0 Å². The van der Waals surface area contributed by atoms with E-state index < -0.39 is 79.8 Å². The third kappa shape index (κ3) is 10.5. The highest BCUT2D eigenvalue weighted by Gasteiger charge is 2.56. The molecule has 0 aromatic carbocycles. The number of aliphatic carboxylic acids is 5. The Morgan fingerprint density at radius 2 is 0.829 bits per heavy atom. The first-order chi connectivity index (χ1) is 16.4. The number of ether oxygens (including phenoxy) is 5. The van der Waals surface area contributed by atoms with Gasteiger partial charge in [0.25, 0.3) is 0 Å². The molecule has 0 aromatic rings. The molecule has 35 heavy (non-hydrogen) atoms. The monoisotopic (exact) mass is 510 g/mol. The smallest absolute Gasteiger partial charge is 0.329 e. The summed E-state index contributed by atoms with van der Waals surface area (Å²) in [5.74, 6) is -6.50. The summed E-state index contributed by atoms with van der Waals surface area (Å²) in [6, 6.07) is 0. The fourth-order valence-corrected chi connectivity index (χ4v) is 4.25. The zero-order valence-electron chi connectivity index (χ0n) is 18.9. The Kier molecular flexibility index (Phi) is 12.5. The van der Waals surface area contributed by atoms with E-state index in [4.69, 9.17) is 44.1 Å². The minimum atomic E-state index is -1.35. The van der Waals surface area contributed by atoms with Crippen LogP contribution in [0.5, 0.6) is 0 Å². The molecule has 1 rings (SSSR count). The molecule has 1 aliphatic carbocycles. The SMILES string of the molecule is O=C(O)COCC1(COCC(=O)O)CCCC(COCC(=O)O)(COCC(=O)O)C1OCC(=O)O. The van der Waals surface area contributed by atoms with Gasteiger partial charge in [0.1, 0.15) is 33.0 Å². The average Bonchev–Trinajstić information content (AvgIpc) is 2.72. The van der Waals surface area contributed by atoms with E-state index >= 15 is 0 Å². The second-order valence-corrected chi connectivity index (χ2v) is 8.21. The molecule has 0 aliphatic heterocycles. The Morgan fingerprint density at radius 3 is 1.09 bits per heavy atom. The van der Waals surface area contributed by atoms with E-state index in [2.05, 4.69) is 0 Å². The van der Waals surface area contributed by atoms with Gasteiger partial charge in [0.05, 0.1) is 32.5 Å². The highest BCUT2D eigenvalue weighted by molar-refractivity contribution is 5.69. The van der Waals surface area contributed by atoms with Gasteiger partial charge in [-0.1, -0.05) is 6.42 Å². The summed E-state index contributed by atoms with van der Waals surface area (Å²) in [5.41, 5.74) is -2.59. The fraction of sp³-hybridized carbons (Fsp3) is 0.750. The van der Waals surface area contributed by atoms with Crippen LogP contribution in [-0.4, -0.2) is 121 Å². The Bertz CT molecular complexity index is 657. The van der Waals surface area contributed by atoms with Gasteiger partial charge < -0.3 is 49.2 Å². The molecular weight excluding hydrogens is 480 g/mol. The van der Waals surface area contributed by atoms with E-state index in [1.165, 1.54) is 0 Å². The molecule has 0 spiro atoms. The second-order valence-electron chi connectivity index (χ2n) is 8.21. The lowest BCUT2D eigenvalue weighted by atomic mass is 9.60. The summed E-state index contributed by atoms with van der Waals surface area (Å²) in [7, 11) is 0. The van der Waals surface area contributed by atoms with Crippen molar-refractivity contribution in [2.24, 2.45) is 10.8 Å². The maximum Gasteiger partial charge on any atom is 0.329 e. The van der Waals surface area contributed by atoms with Crippen LogP contribution in [0.15, 0.2) is 0 Å². The quantitative estimate of drug-likeness (QED) is 0.140. The summed E-state index contributed by atoms with van der Waals surface area (Å²) in [6.45, 7) is -5.08. The second kappa shape index (κ2) is 14.5. The first-order valence-corrected chi connectivity index (χ1v) is 10.4. The maximum absolute atomic E-state index is 11.3. The van der Waals surface area contributed by atoms with Crippen LogP contribution >= 0.6 is 0 Å². The Morgan fingerprint density at radius 1 is 0.543 bits per heavy atom. The van der Waals surface area contributed by atoms with Gasteiger partial charge >= 0.3 is 29.8 Å². The molecule has 15 heteroatoms. The molecule has 0 aromatic heterocycles. The van der Waals surface area contributed by atoms with Gasteiger partial charge in [0.15, 0.2) is 0 Å². The average molecular weight is 510 g/mol. The Hall–Kier alpha value is -2.85. The number of carboxylic acids is 5. The number of rotatable bonds is 19. The van der Waals surface area contributed by atoms with Crippen molar-refractivity contribution in [2.45, 2.75) is 25.4 Å². The van der Waals surface area contributed by atoms with Crippen molar-refractivity contribution in [1.29, 1.82) is 0 Å². The first kappa shape index (κ1) is 30.2. The van der Waals surface area contributed by atoms with E-state index in [1.807, 2.05) is 0 Å². The lowest BCUT2D eigenvalue weighted by Crippen LogP contribution is -2.60. The molecule has 0 saturated heterocycles. The molecule has 1 fully saturated rings. The minimum absolute atomic E-state index is 0.232. The molecule has 0 amide bonds. The summed E-state index contributed by atoms with van der Waals surface area (Å²) in [5, 5.41) is 45.1. The van der Waals surface area contributed by atoms with Crippen molar-refractivity contribution in [3.05, 3.63) is 0 Å². The van der Waals surface area contributed by atoms with E-state index in [0.29, 0.717) is 6.42 Å². The minimum Gasteiger partial charge on any atom is -0.480 e. The highest BCUT2D eigenvalue weighted by atomic mass is 16.5. The van der Waals surface area contributed by atoms with Crippen molar-refractivity contribution >= 4 is 29.8 Å². The molecule has 1 aliphatic rings. The largest absolute Gasteiger partial charge is 0.480 e. The van der Waals surface area contributed by atoms with Gasteiger partial charge in [0, 0.05) is 10.8 Å². The van der Waals surface area contributed by atoms with E-state index in [1.54, 1.807) is 0 Å². The summed E-state index contributed by atoms with van der Waals surface area (Å²) in [4.78, 5) is 55.3. The molecule has 1 saturated carbocycles. The van der Waals surface area contributed by atoms with Crippen molar-refractivity contribution in [3.8, 4) is 0 Å². The van der Waals surface area contributed by atoms with Gasteiger partial charge in [-0.25, -0.2) is 24.0 Å². The zero-order chi connectivity index (χ0) is 26.5. The summed E-state index contributed by atoms with van der Waals surface area (Å²) < 4.78 is 26.8. The van der Waals surface area contributed by atoms with Gasteiger partial charge in [0.2, 0.25) is 0 Å². The van der Waals surface area contributed by atoms with Gasteiger partial charge in [-0.3, -0.25) is 0 Å². The van der Waals surface area contributed by atoms with Crippen molar-refractivity contribution in [1.82, 2.24) is 0 Å². The fourth-order valence-electron chi connectivity index (χ4n) is 4.25. The van der Waals surface area contributed by atoms with Crippen molar-refractivity contribution in [3.63, 3.8) is 0 Å². The molecule has 5 N–H and O–H groups in total. The topological polar surface area (TPSA) is 233 Å². The first-order valence-electron chi connectivity index (χ1n) is 10.4. The third-order valence-corrected chi connectivity index (χ3v) is 5.30. The van der Waals surface area contributed by atoms with Crippen LogP contribution in [0.3, 0.4) is 0 Å². The predicted octanol–water partition coefficient (Wildman–Crippen LogP) is -0.982. The Labute approximate surface area is 199 Å². The maximum atomic E-state index is 11.3. The molecule has 0 bridgehead atoms. The number of hydrogen-bond acceptors (Lipinski definition) is 10. The predicted molar refractivity (Wildman–Crippen MR) is 110 cm³/mol. The number of carboxylic acid groups (broad SMARTS) is 5. The highest BCUT2D eigenvalue weighted by Crippen LogP contribution is 2.49. The standard InChI is InChI=1S/C20H30O15/c21-13(22)4-31-9-19(10-32-5-14(23)24)2-1-3-20(11-33-6-15(25)26,12-34-7-16(27)28)18(19)35-8-17(29)30/h18H,1-12H2,(H,21,22)(H,23,24)(H,25,26)(H,27,28)(H,29,30). The molecule has 0 unspecified atom stereocenters. The van der Waals surface area contributed by atoms with Crippen molar-refractivity contribution in [2.75, 3.05) is 59.5 Å². The molecule has 200 valence electrons. The molecule has 0 heterocycles. The van der Waals surface area contributed by atoms with Gasteiger partial charge in [-0.2, -0.15) is 0 Å². The zero-order valence-corrected chi connectivity index (χ0v) is 18.9. The van der Waals surface area contributed by atoms with Crippen LogP contribution in [0, 0.1) is 10.8 Å².